The number of benzene rings is 1. The summed E-state index contributed by atoms with van der Waals surface area (Å²) in [5, 5.41) is 2.66. The number of anilines is 1. The Bertz CT molecular complexity index is 844. The summed E-state index contributed by atoms with van der Waals surface area (Å²) in [6.07, 6.45) is 2.54. The zero-order chi connectivity index (χ0) is 19.2. The number of nitrogens with zero attached hydrogens (tertiary/aromatic N) is 1. The lowest BCUT2D eigenvalue weighted by Gasteiger charge is -2.22. The van der Waals surface area contributed by atoms with Crippen LogP contribution in [0.1, 0.15) is 22.5 Å². The van der Waals surface area contributed by atoms with E-state index in [1.165, 1.54) is 37.6 Å². The molecule has 2 rings (SSSR count). The van der Waals surface area contributed by atoms with Gasteiger partial charge in [0, 0.05) is 13.0 Å². The molecule has 1 amide bonds. The van der Waals surface area contributed by atoms with E-state index in [0.717, 1.165) is 10.6 Å². The second kappa shape index (κ2) is 8.52. The molecule has 26 heavy (non-hydrogen) atoms. The van der Waals surface area contributed by atoms with Crippen molar-refractivity contribution in [1.29, 1.82) is 0 Å². The maximum absolute atomic E-state index is 12.1. The van der Waals surface area contributed by atoms with Crippen molar-refractivity contribution in [2.75, 3.05) is 24.2 Å². The molecule has 1 aromatic heterocycles. The average molecular weight is 380 g/mol. The summed E-state index contributed by atoms with van der Waals surface area (Å²) in [4.78, 5) is 23.4. The van der Waals surface area contributed by atoms with Crippen LogP contribution in [0, 0.1) is 0 Å². The Balaban J connectivity index is 2.01. The predicted octanol–water partition coefficient (Wildman–Crippen LogP) is 1.54. The van der Waals surface area contributed by atoms with E-state index in [-0.39, 0.29) is 25.4 Å². The number of furan rings is 1. The number of hydrogen-bond donors (Lipinski definition) is 1. The lowest BCUT2D eigenvalue weighted by Crippen LogP contribution is -2.34. The van der Waals surface area contributed by atoms with E-state index >= 15 is 0 Å². The highest BCUT2D eigenvalue weighted by Gasteiger charge is 2.19. The molecule has 9 heteroatoms. The number of rotatable bonds is 8. The highest BCUT2D eigenvalue weighted by Crippen LogP contribution is 2.19. The van der Waals surface area contributed by atoms with Crippen LogP contribution < -0.4 is 9.62 Å². The van der Waals surface area contributed by atoms with Gasteiger partial charge in [-0.25, -0.2) is 13.2 Å². The van der Waals surface area contributed by atoms with Gasteiger partial charge in [0.25, 0.3) is 0 Å². The molecule has 0 aliphatic rings. The van der Waals surface area contributed by atoms with Crippen LogP contribution in [0.2, 0.25) is 0 Å². The van der Waals surface area contributed by atoms with E-state index in [1.807, 2.05) is 0 Å². The van der Waals surface area contributed by atoms with E-state index in [0.29, 0.717) is 17.0 Å². The van der Waals surface area contributed by atoms with Crippen molar-refractivity contribution in [1.82, 2.24) is 5.32 Å². The molecule has 2 aromatic rings. The number of hydrogen-bond acceptors (Lipinski definition) is 6. The van der Waals surface area contributed by atoms with Crippen LogP contribution in [-0.4, -0.2) is 40.2 Å². The molecule has 0 unspecified atom stereocenters. The van der Waals surface area contributed by atoms with Gasteiger partial charge in [0.2, 0.25) is 15.9 Å². The van der Waals surface area contributed by atoms with Crippen molar-refractivity contribution in [3.63, 3.8) is 0 Å². The molecule has 0 radical (unpaired) electrons. The van der Waals surface area contributed by atoms with Crippen LogP contribution >= 0.6 is 0 Å². The minimum atomic E-state index is -3.59. The second-order valence-corrected chi connectivity index (χ2v) is 7.39. The third kappa shape index (κ3) is 5.35. The van der Waals surface area contributed by atoms with Gasteiger partial charge in [-0.05, 0) is 36.4 Å². The number of ether oxygens (including phenoxy) is 1. The molecule has 1 aromatic carbocycles. The Labute approximate surface area is 151 Å². The quantitative estimate of drug-likeness (QED) is 0.697. The van der Waals surface area contributed by atoms with Crippen molar-refractivity contribution in [2.45, 2.75) is 13.0 Å². The number of methoxy groups -OCH3 is 1. The molecular weight excluding hydrogens is 360 g/mol. The standard InChI is InChI=1S/C17H20N2O6S/c1-24-17(21)13-5-7-14(8-6-13)19(26(2,22)23)10-9-16(20)18-12-15-4-3-11-25-15/h3-8,11H,9-10,12H2,1-2H3,(H,18,20). The molecular formula is C17H20N2O6S. The van der Waals surface area contributed by atoms with Gasteiger partial charge in [-0.15, -0.1) is 0 Å². The van der Waals surface area contributed by atoms with E-state index < -0.39 is 16.0 Å². The Hall–Kier alpha value is -2.81. The smallest absolute Gasteiger partial charge is 0.337 e. The average Bonchev–Trinajstić information content (AvgIpc) is 3.12. The lowest BCUT2D eigenvalue weighted by atomic mass is 10.2. The summed E-state index contributed by atoms with van der Waals surface area (Å²) >= 11 is 0. The number of esters is 1. The number of amides is 1. The van der Waals surface area contributed by atoms with Crippen molar-refractivity contribution in [2.24, 2.45) is 0 Å². The molecule has 140 valence electrons. The summed E-state index contributed by atoms with van der Waals surface area (Å²) in [6.45, 7) is 0.207. The Morgan fingerprint density at radius 1 is 1.19 bits per heavy atom. The highest BCUT2D eigenvalue weighted by molar-refractivity contribution is 7.92. The van der Waals surface area contributed by atoms with Gasteiger partial charge < -0.3 is 14.5 Å². The minimum Gasteiger partial charge on any atom is -0.467 e. The summed E-state index contributed by atoms with van der Waals surface area (Å²) in [6, 6.07) is 9.37. The Morgan fingerprint density at radius 3 is 2.42 bits per heavy atom. The van der Waals surface area contributed by atoms with Crippen LogP contribution in [0.4, 0.5) is 5.69 Å². The van der Waals surface area contributed by atoms with E-state index in [2.05, 4.69) is 10.1 Å². The van der Waals surface area contributed by atoms with Gasteiger partial charge in [-0.2, -0.15) is 0 Å². The van der Waals surface area contributed by atoms with Gasteiger partial charge in [0.15, 0.2) is 0 Å². The molecule has 8 nitrogen and oxygen atoms in total. The summed E-state index contributed by atoms with van der Waals surface area (Å²) in [7, 11) is -2.33. The first-order chi connectivity index (χ1) is 12.3. The summed E-state index contributed by atoms with van der Waals surface area (Å²) < 4.78 is 34.9. The molecule has 0 spiro atoms. The Kier molecular flexibility index (Phi) is 6.40. The number of carbonyl (C=O) groups excluding carboxylic acids is 2. The van der Waals surface area contributed by atoms with Crippen LogP contribution in [0.3, 0.4) is 0 Å². The van der Waals surface area contributed by atoms with E-state index in [9.17, 15) is 18.0 Å². The van der Waals surface area contributed by atoms with Crippen molar-refractivity contribution in [3.8, 4) is 0 Å². The molecule has 0 saturated carbocycles. The molecule has 1 N–H and O–H groups in total. The van der Waals surface area contributed by atoms with Crippen LogP contribution in [-0.2, 0) is 26.1 Å². The SMILES string of the molecule is COC(=O)c1ccc(N(CCC(=O)NCc2ccco2)S(C)(=O)=O)cc1. The van der Waals surface area contributed by atoms with Crippen LogP contribution in [0.25, 0.3) is 0 Å². The molecule has 0 aliphatic carbocycles. The molecule has 0 saturated heterocycles. The fourth-order valence-corrected chi connectivity index (χ4v) is 3.19. The van der Waals surface area contributed by atoms with Gasteiger partial charge in [-0.1, -0.05) is 0 Å². The maximum atomic E-state index is 12.1. The minimum absolute atomic E-state index is 0.0213. The van der Waals surface area contributed by atoms with Gasteiger partial charge in [0.1, 0.15) is 5.76 Å². The normalized spacial score (nSPS) is 11.0. The van der Waals surface area contributed by atoms with Crippen molar-refractivity contribution in [3.05, 3.63) is 54.0 Å². The third-order valence-corrected chi connectivity index (χ3v) is 4.75. The van der Waals surface area contributed by atoms with Crippen molar-refractivity contribution >= 4 is 27.6 Å². The Morgan fingerprint density at radius 2 is 1.88 bits per heavy atom. The van der Waals surface area contributed by atoms with Gasteiger partial charge >= 0.3 is 5.97 Å². The van der Waals surface area contributed by atoms with Crippen LogP contribution in [0.15, 0.2) is 47.1 Å². The molecule has 0 bridgehead atoms. The number of sulfonamides is 1. The predicted molar refractivity (Wildman–Crippen MR) is 95.1 cm³/mol. The summed E-state index contributed by atoms with van der Waals surface area (Å²) in [5.74, 6) is -0.210. The van der Waals surface area contributed by atoms with E-state index in [4.69, 9.17) is 4.42 Å². The molecule has 1 heterocycles. The first-order valence-electron chi connectivity index (χ1n) is 7.76. The van der Waals surface area contributed by atoms with Gasteiger partial charge in [0.05, 0.1) is 37.4 Å². The first kappa shape index (κ1) is 19.5. The monoisotopic (exact) mass is 380 g/mol. The number of nitrogens with one attached hydrogen (secondary N) is 1. The second-order valence-electron chi connectivity index (χ2n) is 5.48. The molecule has 0 aliphatic heterocycles. The van der Waals surface area contributed by atoms with Crippen LogP contribution in [0.5, 0.6) is 0 Å². The lowest BCUT2D eigenvalue weighted by molar-refractivity contribution is -0.121. The zero-order valence-electron chi connectivity index (χ0n) is 14.5. The maximum Gasteiger partial charge on any atom is 0.337 e. The number of carbonyl (C=O) groups is 2. The van der Waals surface area contributed by atoms with Crippen molar-refractivity contribution < 1.29 is 27.2 Å². The fraction of sp³-hybridized carbons (Fsp3) is 0.294. The van der Waals surface area contributed by atoms with Gasteiger partial charge in [-0.3, -0.25) is 9.10 Å². The summed E-state index contributed by atoms with van der Waals surface area (Å²) in [5.41, 5.74) is 0.667. The first-order valence-corrected chi connectivity index (χ1v) is 9.61. The third-order valence-electron chi connectivity index (χ3n) is 3.56. The zero-order valence-corrected chi connectivity index (χ0v) is 15.3. The topological polar surface area (TPSA) is 106 Å². The van der Waals surface area contributed by atoms with E-state index in [1.54, 1.807) is 12.1 Å². The highest BCUT2D eigenvalue weighted by atomic mass is 32.2. The largest absolute Gasteiger partial charge is 0.467 e. The molecule has 0 atom stereocenters. The molecule has 0 fully saturated rings. The fourth-order valence-electron chi connectivity index (χ4n) is 2.26.